The molecule has 1 aliphatic carbocycles. The molecule has 2 aromatic heterocycles. The highest BCUT2D eigenvalue weighted by atomic mass is 32.2. The van der Waals surface area contributed by atoms with Gasteiger partial charge in [0.25, 0.3) is 0 Å². The monoisotopic (exact) mass is 484 g/mol. The van der Waals surface area contributed by atoms with Gasteiger partial charge in [-0.2, -0.15) is 0 Å². The average Bonchev–Trinajstić information content (AvgIpc) is 3.18. The third-order valence-corrected chi connectivity index (χ3v) is 7.92. The maximum atomic E-state index is 13.2. The van der Waals surface area contributed by atoms with Gasteiger partial charge in [0.2, 0.25) is 5.91 Å². The number of benzene rings is 2. The summed E-state index contributed by atoms with van der Waals surface area (Å²) in [6.07, 6.45) is 5.84. The number of ether oxygens (including phenoxy) is 1. The van der Waals surface area contributed by atoms with E-state index in [1.807, 2.05) is 6.07 Å². The zero-order chi connectivity index (χ0) is 23.1. The molecule has 4 aromatic rings. The molecule has 0 bridgehead atoms. The summed E-state index contributed by atoms with van der Waals surface area (Å²) in [4.78, 5) is 16.7. The number of thiazole rings is 1. The fourth-order valence-corrected chi connectivity index (χ4v) is 5.34. The van der Waals surface area contributed by atoms with Crippen molar-refractivity contribution in [3.63, 3.8) is 0 Å². The second kappa shape index (κ2) is 9.08. The summed E-state index contributed by atoms with van der Waals surface area (Å²) < 4.78 is 22.2. The number of anilines is 1. The number of nitrogens with zero attached hydrogens (tertiary/aromatic N) is 2. The van der Waals surface area contributed by atoms with Gasteiger partial charge in [0.05, 0.1) is 40.8 Å². The molecule has 5 nitrogen and oxygen atoms in total. The Balaban J connectivity index is 1.42. The number of rotatable bonds is 8. The normalized spacial score (nSPS) is 17.8. The van der Waals surface area contributed by atoms with E-state index in [-0.39, 0.29) is 5.91 Å². The molecule has 2 atom stereocenters. The summed E-state index contributed by atoms with van der Waals surface area (Å²) in [5, 5.41) is 4.47. The lowest BCUT2D eigenvalue weighted by Gasteiger charge is -2.11. The van der Waals surface area contributed by atoms with Crippen LogP contribution in [0.2, 0.25) is 0 Å². The molecule has 0 saturated heterocycles. The van der Waals surface area contributed by atoms with Crippen LogP contribution in [0.15, 0.2) is 42.6 Å². The molecular formula is C25H27FN3O2S2+. The quantitative estimate of drug-likeness (QED) is 0.270. The molecule has 1 aliphatic rings. The van der Waals surface area contributed by atoms with E-state index < -0.39 is 12.1 Å². The van der Waals surface area contributed by atoms with Gasteiger partial charge in [0, 0.05) is 11.6 Å². The zero-order valence-electron chi connectivity index (χ0n) is 18.9. The van der Waals surface area contributed by atoms with Crippen LogP contribution in [0.5, 0.6) is 0 Å². The summed E-state index contributed by atoms with van der Waals surface area (Å²) in [6, 6.07) is 12.6. The highest BCUT2D eigenvalue weighted by molar-refractivity contribution is 7.95. The molecule has 0 spiro atoms. The Kier molecular flexibility index (Phi) is 6.16. The van der Waals surface area contributed by atoms with Gasteiger partial charge in [0.1, 0.15) is 18.7 Å². The fraction of sp³-hybridized carbons (Fsp3) is 0.360. The van der Waals surface area contributed by atoms with E-state index in [1.165, 1.54) is 27.8 Å². The Hall–Kier alpha value is -2.42. The Bertz CT molecular complexity index is 1330. The maximum absolute atomic E-state index is 13.2. The van der Waals surface area contributed by atoms with Crippen LogP contribution >= 0.6 is 11.3 Å². The smallest absolute Gasteiger partial charge is 0.232 e. The first-order valence-electron chi connectivity index (χ1n) is 11.0. The first-order valence-corrected chi connectivity index (χ1v) is 14.0. The summed E-state index contributed by atoms with van der Waals surface area (Å²) >= 11 is 1.42. The van der Waals surface area contributed by atoms with Crippen LogP contribution in [0.4, 0.5) is 9.52 Å². The van der Waals surface area contributed by atoms with E-state index >= 15 is 0 Å². The number of aromatic nitrogens is 2. The number of carbonyl (C=O) groups is 1. The van der Waals surface area contributed by atoms with Gasteiger partial charge in [0.15, 0.2) is 5.13 Å². The number of carbonyl (C=O) groups excluding carboxylic acids is 1. The summed E-state index contributed by atoms with van der Waals surface area (Å²) in [5.74, 6) is 0.278. The van der Waals surface area contributed by atoms with E-state index in [2.05, 4.69) is 70.8 Å². The number of aryl methyl sites for hydroxylation is 1. The van der Waals surface area contributed by atoms with E-state index in [4.69, 9.17) is 4.74 Å². The highest BCUT2D eigenvalue weighted by Gasteiger charge is 2.43. The molecule has 172 valence electrons. The van der Waals surface area contributed by atoms with Crippen LogP contribution < -0.4 is 5.32 Å². The van der Waals surface area contributed by atoms with Crippen molar-refractivity contribution in [2.24, 2.45) is 5.92 Å². The molecular weight excluding hydrogens is 457 g/mol. The topological polar surface area (TPSA) is 56.1 Å². The van der Waals surface area contributed by atoms with E-state index in [1.54, 1.807) is 0 Å². The number of hydrogen-bond donors (Lipinski definition) is 1. The van der Waals surface area contributed by atoms with Crippen molar-refractivity contribution in [1.29, 1.82) is 0 Å². The molecule has 1 saturated carbocycles. The SMILES string of the molecule is Cc1ccc2c(ccn2COCC[S+](C)C)c1-c1ccc2sc(NC(=O)[C@@H]3C[C@@H]3F)nc2c1. The predicted octanol–water partition coefficient (Wildman–Crippen LogP) is 5.37. The van der Waals surface area contributed by atoms with Gasteiger partial charge in [-0.3, -0.25) is 4.79 Å². The summed E-state index contributed by atoms with van der Waals surface area (Å²) in [6.45, 7) is 3.42. The van der Waals surface area contributed by atoms with Crippen LogP contribution in [0.3, 0.4) is 0 Å². The Morgan fingerprint density at radius 1 is 1.30 bits per heavy atom. The lowest BCUT2D eigenvalue weighted by Crippen LogP contribution is -2.14. The second-order valence-electron chi connectivity index (χ2n) is 8.75. The molecule has 0 aliphatic heterocycles. The number of amides is 1. The van der Waals surface area contributed by atoms with Crippen molar-refractivity contribution in [2.75, 3.05) is 30.2 Å². The molecule has 8 heteroatoms. The first kappa shape index (κ1) is 22.4. The van der Waals surface area contributed by atoms with Crippen LogP contribution in [-0.4, -0.2) is 46.5 Å². The lowest BCUT2D eigenvalue weighted by molar-refractivity contribution is -0.117. The predicted molar refractivity (Wildman–Crippen MR) is 137 cm³/mol. The van der Waals surface area contributed by atoms with Crippen molar-refractivity contribution in [3.8, 4) is 11.1 Å². The number of alkyl halides is 1. The van der Waals surface area contributed by atoms with Gasteiger partial charge in [-0.15, -0.1) is 0 Å². The van der Waals surface area contributed by atoms with E-state index in [0.717, 1.165) is 33.7 Å². The van der Waals surface area contributed by atoms with Gasteiger partial charge in [-0.25, -0.2) is 9.37 Å². The highest BCUT2D eigenvalue weighted by Crippen LogP contribution is 2.38. The van der Waals surface area contributed by atoms with Crippen molar-refractivity contribution in [2.45, 2.75) is 26.2 Å². The number of halogens is 1. The number of nitrogens with one attached hydrogen (secondary N) is 1. The molecule has 0 radical (unpaired) electrons. The zero-order valence-corrected chi connectivity index (χ0v) is 20.6. The third-order valence-electron chi connectivity index (χ3n) is 5.98. The van der Waals surface area contributed by atoms with Crippen LogP contribution in [0, 0.1) is 12.8 Å². The summed E-state index contributed by atoms with van der Waals surface area (Å²) in [5.41, 5.74) is 5.41. The second-order valence-corrected chi connectivity index (χ2v) is 12.2. The molecule has 1 amide bonds. The minimum absolute atomic E-state index is 0.278. The molecule has 1 N–H and O–H groups in total. The van der Waals surface area contributed by atoms with Crippen molar-refractivity contribution in [3.05, 3.63) is 48.2 Å². The third kappa shape index (κ3) is 4.65. The minimum Gasteiger partial charge on any atom is -0.356 e. The molecule has 0 unspecified atom stereocenters. The van der Waals surface area contributed by atoms with Crippen LogP contribution in [-0.2, 0) is 27.2 Å². The Labute approximate surface area is 199 Å². The minimum atomic E-state index is -1.01. The van der Waals surface area contributed by atoms with Crippen molar-refractivity contribution in [1.82, 2.24) is 9.55 Å². The Morgan fingerprint density at radius 2 is 2.12 bits per heavy atom. The van der Waals surface area contributed by atoms with Gasteiger partial charge in [-0.05, 0) is 65.2 Å². The van der Waals surface area contributed by atoms with Crippen molar-refractivity contribution >= 4 is 54.4 Å². The Morgan fingerprint density at radius 3 is 2.88 bits per heavy atom. The lowest BCUT2D eigenvalue weighted by atomic mass is 9.96. The fourth-order valence-electron chi connectivity index (χ4n) is 4.04. The molecule has 1 fully saturated rings. The van der Waals surface area contributed by atoms with Crippen LogP contribution in [0.1, 0.15) is 12.0 Å². The van der Waals surface area contributed by atoms with Crippen molar-refractivity contribution < 1.29 is 13.9 Å². The molecule has 2 heterocycles. The average molecular weight is 485 g/mol. The summed E-state index contributed by atoms with van der Waals surface area (Å²) in [7, 11) is 0.384. The van der Waals surface area contributed by atoms with E-state index in [9.17, 15) is 9.18 Å². The van der Waals surface area contributed by atoms with Gasteiger partial charge >= 0.3 is 0 Å². The number of hydrogen-bond acceptors (Lipinski definition) is 4. The van der Waals surface area contributed by atoms with Gasteiger partial charge < -0.3 is 14.6 Å². The standard InChI is InChI=1S/C25H26FN3O2S2/c1-15-4-6-21-17(8-9-29(21)14-31-10-11-33(2)3)23(15)16-5-7-22-20(12-16)27-25(32-22)28-24(30)18-13-19(18)26/h4-9,12,18-19H,10-11,13-14H2,1-3H3/p+1/t18-,19+/m1/s1. The van der Waals surface area contributed by atoms with E-state index in [0.29, 0.717) is 29.2 Å². The maximum Gasteiger partial charge on any atom is 0.232 e. The molecule has 2 aromatic carbocycles. The first-order chi connectivity index (χ1) is 15.9. The van der Waals surface area contributed by atoms with Crippen LogP contribution in [0.25, 0.3) is 32.2 Å². The number of fused-ring (bicyclic) bond motifs is 2. The molecule has 5 rings (SSSR count). The molecule has 33 heavy (non-hydrogen) atoms. The van der Waals surface area contributed by atoms with Gasteiger partial charge in [-0.1, -0.05) is 23.5 Å². The largest absolute Gasteiger partial charge is 0.356 e.